The highest BCUT2D eigenvalue weighted by Gasteiger charge is 2.26. The van der Waals surface area contributed by atoms with Gasteiger partial charge in [0.15, 0.2) is 0 Å². The number of esters is 1. The quantitative estimate of drug-likeness (QED) is 0.124. The van der Waals surface area contributed by atoms with Crippen molar-refractivity contribution in [3.05, 3.63) is 35.4 Å². The van der Waals surface area contributed by atoms with Gasteiger partial charge in [-0.15, -0.1) is 0 Å². The topological polar surface area (TPSA) is 128 Å². The Bertz CT molecular complexity index is 802. The van der Waals surface area contributed by atoms with Crippen LogP contribution in [-0.4, -0.2) is 65.2 Å². The highest BCUT2D eigenvalue weighted by Crippen LogP contribution is 2.21. The van der Waals surface area contributed by atoms with E-state index >= 15 is 0 Å². The van der Waals surface area contributed by atoms with Gasteiger partial charge in [-0.3, -0.25) is 4.79 Å². The van der Waals surface area contributed by atoms with Crippen LogP contribution >= 0.6 is 0 Å². The molecule has 0 amide bonds. The first-order valence-corrected chi connectivity index (χ1v) is 14.2. The van der Waals surface area contributed by atoms with Crippen molar-refractivity contribution >= 4 is 11.9 Å². The van der Waals surface area contributed by atoms with E-state index in [4.69, 9.17) is 14.9 Å². The van der Waals surface area contributed by atoms with Crippen LogP contribution in [0.3, 0.4) is 0 Å². The average molecular weight is 537 g/mol. The second-order valence-corrected chi connectivity index (χ2v) is 11.3. The van der Waals surface area contributed by atoms with Crippen molar-refractivity contribution in [1.82, 2.24) is 10.6 Å². The fraction of sp³-hybridized carbons (Fsp3) is 0.733. The minimum atomic E-state index is -0.902. The third-order valence-corrected chi connectivity index (χ3v) is 7.14. The summed E-state index contributed by atoms with van der Waals surface area (Å²) in [7, 11) is 0. The van der Waals surface area contributed by atoms with Crippen molar-refractivity contribution in [3.63, 3.8) is 0 Å². The van der Waals surface area contributed by atoms with Crippen LogP contribution in [0.1, 0.15) is 89.6 Å². The number of hydrogen-bond acceptors (Lipinski definition) is 7. The van der Waals surface area contributed by atoms with E-state index in [-0.39, 0.29) is 12.6 Å². The summed E-state index contributed by atoms with van der Waals surface area (Å²) in [6, 6.07) is 7.09. The number of carboxylic acids is 1. The minimum absolute atomic E-state index is 0.0936. The summed E-state index contributed by atoms with van der Waals surface area (Å²) < 4.78 is 5.40. The summed E-state index contributed by atoms with van der Waals surface area (Å²) in [5.74, 6) is -0.223. The average Bonchev–Trinajstić information content (AvgIpc) is 2.87. The second-order valence-electron chi connectivity index (χ2n) is 11.3. The molecule has 0 saturated heterocycles. The molecule has 0 fully saturated rings. The molecule has 8 nitrogen and oxygen atoms in total. The molecule has 38 heavy (non-hydrogen) atoms. The normalized spacial score (nSPS) is 17.2. The number of carbonyl (C=O) groups is 2. The molecule has 0 aliphatic carbocycles. The SMILES string of the molecule is CC[C@@H](OC(=O)C(C)CO)[C@@H](O)C[C@@H](C)NC[C@H](C)C[C@H](C)C[C@@H](C)CCNCc1ccc(C(=O)O)cc1. The molecule has 1 unspecified atom stereocenters. The van der Waals surface area contributed by atoms with Gasteiger partial charge in [0.2, 0.25) is 0 Å². The Morgan fingerprint density at radius 2 is 1.58 bits per heavy atom. The van der Waals surface area contributed by atoms with E-state index in [1.165, 1.54) is 6.42 Å². The molecule has 5 N–H and O–H groups in total. The molecule has 0 aromatic heterocycles. The number of hydrogen-bond donors (Lipinski definition) is 5. The first-order valence-electron chi connectivity index (χ1n) is 14.2. The Morgan fingerprint density at radius 3 is 2.16 bits per heavy atom. The van der Waals surface area contributed by atoms with Gasteiger partial charge in [0.25, 0.3) is 0 Å². The zero-order valence-electron chi connectivity index (χ0n) is 24.3. The molecule has 1 aromatic carbocycles. The third-order valence-electron chi connectivity index (χ3n) is 7.14. The molecule has 0 heterocycles. The lowest BCUT2D eigenvalue weighted by Gasteiger charge is -2.27. The molecular weight excluding hydrogens is 484 g/mol. The van der Waals surface area contributed by atoms with Crippen molar-refractivity contribution in [2.45, 2.75) is 98.4 Å². The van der Waals surface area contributed by atoms with Crippen LogP contribution in [0.25, 0.3) is 0 Å². The van der Waals surface area contributed by atoms with Crippen LogP contribution in [0.5, 0.6) is 0 Å². The Kier molecular flexibility index (Phi) is 16.4. The van der Waals surface area contributed by atoms with E-state index in [0.29, 0.717) is 36.2 Å². The van der Waals surface area contributed by atoms with Crippen LogP contribution in [0, 0.1) is 23.7 Å². The largest absolute Gasteiger partial charge is 0.478 e. The number of benzene rings is 1. The highest BCUT2D eigenvalue weighted by atomic mass is 16.6. The standard InChI is InChI=1S/C30H52N2O6/c1-7-28(38-30(37)23(5)19-33)27(34)16-24(6)32-17-22(4)15-21(3)14-20(2)12-13-31-18-25-8-10-26(11-9-25)29(35)36/h8-11,20-24,27-28,31-34H,7,12-19H2,1-6H3,(H,35,36)/t20-,21+,22+,23?,24+,27-,28+/m0/s1. The first-order chi connectivity index (χ1) is 18.0. The van der Waals surface area contributed by atoms with Gasteiger partial charge in [0, 0.05) is 12.6 Å². The van der Waals surface area contributed by atoms with E-state index in [0.717, 1.165) is 38.0 Å². The summed E-state index contributed by atoms with van der Waals surface area (Å²) in [4.78, 5) is 22.9. The van der Waals surface area contributed by atoms with Crippen LogP contribution in [0.4, 0.5) is 0 Å². The number of carbonyl (C=O) groups excluding carboxylic acids is 1. The molecule has 0 bridgehead atoms. The van der Waals surface area contributed by atoms with Gasteiger partial charge in [-0.1, -0.05) is 39.8 Å². The van der Waals surface area contributed by atoms with Crippen molar-refractivity contribution in [1.29, 1.82) is 0 Å². The predicted octanol–water partition coefficient (Wildman–Crippen LogP) is 4.23. The summed E-state index contributed by atoms with van der Waals surface area (Å²) in [5.41, 5.74) is 1.40. The second kappa shape index (κ2) is 18.3. The summed E-state index contributed by atoms with van der Waals surface area (Å²) in [5, 5.41) is 35.7. The monoisotopic (exact) mass is 536 g/mol. The molecule has 0 aliphatic rings. The molecule has 8 heteroatoms. The fourth-order valence-electron chi connectivity index (χ4n) is 4.79. The first kappa shape index (κ1) is 34.0. The van der Waals surface area contributed by atoms with Crippen LogP contribution < -0.4 is 10.6 Å². The zero-order chi connectivity index (χ0) is 28.7. The molecule has 1 rings (SSSR count). The molecule has 218 valence electrons. The van der Waals surface area contributed by atoms with Gasteiger partial charge in [0.1, 0.15) is 6.10 Å². The Labute approximate surface area is 229 Å². The summed E-state index contributed by atoms with van der Waals surface area (Å²) in [6.07, 6.45) is 3.11. The lowest BCUT2D eigenvalue weighted by Crippen LogP contribution is -2.39. The maximum Gasteiger partial charge on any atom is 0.335 e. The zero-order valence-corrected chi connectivity index (χ0v) is 24.3. The van der Waals surface area contributed by atoms with Gasteiger partial charge in [-0.25, -0.2) is 4.79 Å². The van der Waals surface area contributed by atoms with Crippen molar-refractivity contribution in [2.75, 3.05) is 19.7 Å². The Hall–Kier alpha value is -2.00. The number of carboxylic acid groups (broad SMARTS) is 1. The molecule has 7 atom stereocenters. The number of nitrogens with one attached hydrogen (secondary N) is 2. The Morgan fingerprint density at radius 1 is 0.947 bits per heavy atom. The number of ether oxygens (including phenoxy) is 1. The van der Waals surface area contributed by atoms with Gasteiger partial charge in [-0.2, -0.15) is 0 Å². The smallest absolute Gasteiger partial charge is 0.335 e. The van der Waals surface area contributed by atoms with Crippen LogP contribution in [0.2, 0.25) is 0 Å². The summed E-state index contributed by atoms with van der Waals surface area (Å²) >= 11 is 0. The number of aromatic carboxylic acids is 1. The number of aliphatic hydroxyl groups is 2. The lowest BCUT2D eigenvalue weighted by molar-refractivity contribution is -0.161. The van der Waals surface area contributed by atoms with Crippen molar-refractivity contribution in [3.8, 4) is 0 Å². The van der Waals surface area contributed by atoms with E-state index < -0.39 is 30.1 Å². The number of rotatable bonds is 20. The molecule has 0 radical (unpaired) electrons. The molecule has 0 saturated carbocycles. The van der Waals surface area contributed by atoms with Crippen LogP contribution in [-0.2, 0) is 16.1 Å². The molecular formula is C30H52N2O6. The van der Waals surface area contributed by atoms with E-state index in [2.05, 4.69) is 31.4 Å². The molecule has 0 spiro atoms. The van der Waals surface area contributed by atoms with Crippen LogP contribution in [0.15, 0.2) is 24.3 Å². The van der Waals surface area contributed by atoms with Crippen molar-refractivity contribution in [2.24, 2.45) is 23.7 Å². The maximum atomic E-state index is 12.0. The van der Waals surface area contributed by atoms with E-state index in [1.54, 1.807) is 19.1 Å². The minimum Gasteiger partial charge on any atom is -0.478 e. The van der Waals surface area contributed by atoms with Gasteiger partial charge >= 0.3 is 11.9 Å². The predicted molar refractivity (Wildman–Crippen MR) is 151 cm³/mol. The fourth-order valence-corrected chi connectivity index (χ4v) is 4.79. The number of aliphatic hydroxyl groups excluding tert-OH is 2. The van der Waals surface area contributed by atoms with Crippen molar-refractivity contribution < 1.29 is 29.6 Å². The molecule has 1 aromatic rings. The van der Waals surface area contributed by atoms with Gasteiger partial charge < -0.3 is 30.7 Å². The van der Waals surface area contributed by atoms with Gasteiger partial charge in [0.05, 0.1) is 24.2 Å². The highest BCUT2D eigenvalue weighted by molar-refractivity contribution is 5.87. The third kappa shape index (κ3) is 13.7. The van der Waals surface area contributed by atoms with E-state index in [1.807, 2.05) is 26.0 Å². The lowest BCUT2D eigenvalue weighted by atomic mass is 9.88. The van der Waals surface area contributed by atoms with Gasteiger partial charge in [-0.05, 0) is 94.5 Å². The maximum absolute atomic E-state index is 12.0. The Balaban J connectivity index is 2.26. The van der Waals surface area contributed by atoms with E-state index in [9.17, 15) is 14.7 Å². The summed E-state index contributed by atoms with van der Waals surface area (Å²) in [6.45, 7) is 14.7. The molecule has 0 aliphatic heterocycles.